The van der Waals surface area contributed by atoms with Crippen molar-refractivity contribution in [3.05, 3.63) is 45.9 Å². The Labute approximate surface area is 117 Å². The van der Waals surface area contributed by atoms with Gasteiger partial charge in [0.15, 0.2) is 5.82 Å². The highest BCUT2D eigenvalue weighted by Gasteiger charge is 2.09. The lowest BCUT2D eigenvalue weighted by Crippen LogP contribution is -2.16. The molecule has 2 rings (SSSR count). The molecule has 0 spiro atoms. The van der Waals surface area contributed by atoms with Gasteiger partial charge in [0.25, 0.3) is 5.91 Å². The fraction of sp³-hybridized carbons (Fsp3) is 0. The zero-order valence-corrected chi connectivity index (χ0v) is 11.4. The molecule has 0 atom stereocenters. The Morgan fingerprint density at radius 3 is 2.61 bits per heavy atom. The first-order valence-corrected chi connectivity index (χ1v) is 6.13. The highest BCUT2D eigenvalue weighted by atomic mass is 127. The number of amides is 1. The number of para-hydroxylation sites is 1. The molecular formula is C11H10IN5O. The number of nitrogens with one attached hydrogen (secondary N) is 2. The van der Waals surface area contributed by atoms with Crippen LogP contribution in [0.1, 0.15) is 10.5 Å². The number of hydrogen-bond acceptors (Lipinski definition) is 5. The van der Waals surface area contributed by atoms with Crippen molar-refractivity contribution in [2.75, 3.05) is 10.7 Å². The average Bonchev–Trinajstić information content (AvgIpc) is 2.41. The summed E-state index contributed by atoms with van der Waals surface area (Å²) in [6, 6.07) is 7.48. The van der Waals surface area contributed by atoms with Crippen molar-refractivity contribution < 1.29 is 4.79 Å². The van der Waals surface area contributed by atoms with E-state index >= 15 is 0 Å². The molecule has 0 saturated carbocycles. The van der Waals surface area contributed by atoms with Crippen molar-refractivity contribution >= 4 is 40.0 Å². The largest absolute Gasteiger partial charge is 0.320 e. The minimum atomic E-state index is -0.310. The van der Waals surface area contributed by atoms with Crippen LogP contribution in [0, 0.1) is 3.57 Å². The number of aromatic nitrogens is 2. The lowest BCUT2D eigenvalue weighted by atomic mass is 10.3. The number of hydrogen-bond donors (Lipinski definition) is 3. The summed E-state index contributed by atoms with van der Waals surface area (Å²) in [6.07, 6.45) is 2.76. The SMILES string of the molecule is NNc1cnc(C(=O)Nc2ccccc2I)cn1. The predicted octanol–water partition coefficient (Wildman–Crippen LogP) is 1.62. The Bertz CT molecular complexity index is 558. The lowest BCUT2D eigenvalue weighted by Gasteiger charge is -2.06. The summed E-state index contributed by atoms with van der Waals surface area (Å²) in [7, 11) is 0. The van der Waals surface area contributed by atoms with Gasteiger partial charge in [-0.2, -0.15) is 0 Å². The normalized spacial score (nSPS) is 9.89. The number of nitrogens with two attached hydrogens (primary N) is 1. The van der Waals surface area contributed by atoms with Gasteiger partial charge >= 0.3 is 0 Å². The summed E-state index contributed by atoms with van der Waals surface area (Å²) in [5.41, 5.74) is 3.32. The van der Waals surface area contributed by atoms with Crippen LogP contribution < -0.4 is 16.6 Å². The maximum atomic E-state index is 11.9. The van der Waals surface area contributed by atoms with Gasteiger partial charge in [-0.3, -0.25) is 4.79 Å². The van der Waals surface area contributed by atoms with Crippen molar-refractivity contribution in [1.82, 2.24) is 9.97 Å². The second kappa shape index (κ2) is 5.74. The van der Waals surface area contributed by atoms with Gasteiger partial charge in [-0.15, -0.1) is 0 Å². The molecule has 0 aliphatic carbocycles. The zero-order chi connectivity index (χ0) is 13.0. The average molecular weight is 355 g/mol. The molecule has 0 bridgehead atoms. The maximum absolute atomic E-state index is 11.9. The first-order chi connectivity index (χ1) is 8.70. The third kappa shape index (κ3) is 2.93. The standard InChI is InChI=1S/C11H10IN5O/c12-7-3-1-2-4-8(7)16-11(18)9-5-15-10(17-13)6-14-9/h1-6H,13H2,(H,15,17)(H,16,18). The molecule has 0 aliphatic rings. The first-order valence-electron chi connectivity index (χ1n) is 5.05. The van der Waals surface area contributed by atoms with Crippen LogP contribution in [0.5, 0.6) is 0 Å². The van der Waals surface area contributed by atoms with Gasteiger partial charge in [-0.05, 0) is 34.7 Å². The summed E-state index contributed by atoms with van der Waals surface area (Å²) in [5, 5.41) is 2.76. The third-order valence-corrected chi connectivity index (χ3v) is 3.10. The summed E-state index contributed by atoms with van der Waals surface area (Å²) in [5.74, 6) is 5.26. The van der Waals surface area contributed by atoms with Crippen LogP contribution in [0.4, 0.5) is 11.5 Å². The van der Waals surface area contributed by atoms with E-state index < -0.39 is 0 Å². The fourth-order valence-electron chi connectivity index (χ4n) is 1.27. The molecule has 0 unspecified atom stereocenters. The lowest BCUT2D eigenvalue weighted by molar-refractivity contribution is 0.102. The first kappa shape index (κ1) is 12.7. The number of rotatable bonds is 3. The van der Waals surface area contributed by atoms with Crippen LogP contribution in [-0.4, -0.2) is 15.9 Å². The number of anilines is 2. The molecule has 0 fully saturated rings. The van der Waals surface area contributed by atoms with Crippen LogP contribution in [0.3, 0.4) is 0 Å². The molecule has 7 heteroatoms. The van der Waals surface area contributed by atoms with Crippen LogP contribution in [-0.2, 0) is 0 Å². The Morgan fingerprint density at radius 2 is 2.00 bits per heavy atom. The Balaban J connectivity index is 2.14. The van der Waals surface area contributed by atoms with E-state index in [1.807, 2.05) is 24.3 Å². The Kier molecular flexibility index (Phi) is 4.05. The number of benzene rings is 1. The van der Waals surface area contributed by atoms with Gasteiger partial charge in [0.1, 0.15) is 5.69 Å². The number of nitrogen functional groups attached to an aromatic ring is 1. The van der Waals surface area contributed by atoms with Crippen molar-refractivity contribution in [2.45, 2.75) is 0 Å². The summed E-state index contributed by atoms with van der Waals surface area (Å²) in [4.78, 5) is 19.8. The number of hydrazine groups is 1. The van der Waals surface area contributed by atoms with Crippen molar-refractivity contribution in [2.24, 2.45) is 5.84 Å². The summed E-state index contributed by atoms with van der Waals surface area (Å²) < 4.78 is 0.955. The topological polar surface area (TPSA) is 92.9 Å². The summed E-state index contributed by atoms with van der Waals surface area (Å²) >= 11 is 2.15. The van der Waals surface area contributed by atoms with E-state index in [0.29, 0.717) is 5.82 Å². The molecule has 1 amide bonds. The Hall–Kier alpha value is -1.74. The van der Waals surface area contributed by atoms with E-state index in [-0.39, 0.29) is 11.6 Å². The number of carbonyl (C=O) groups excluding carboxylic acids is 1. The van der Waals surface area contributed by atoms with E-state index in [1.165, 1.54) is 12.4 Å². The molecule has 92 valence electrons. The molecule has 1 heterocycles. The number of nitrogens with zero attached hydrogens (tertiary/aromatic N) is 2. The van der Waals surface area contributed by atoms with Crippen molar-refractivity contribution in [1.29, 1.82) is 0 Å². The van der Waals surface area contributed by atoms with Gasteiger partial charge in [0, 0.05) is 3.57 Å². The van der Waals surface area contributed by atoms with Gasteiger partial charge in [-0.25, -0.2) is 15.8 Å². The van der Waals surface area contributed by atoms with Crippen molar-refractivity contribution in [3.8, 4) is 0 Å². The number of halogens is 1. The van der Waals surface area contributed by atoms with Crippen LogP contribution in [0.15, 0.2) is 36.7 Å². The monoisotopic (exact) mass is 355 g/mol. The van der Waals surface area contributed by atoms with Crippen LogP contribution in [0.2, 0.25) is 0 Å². The van der Waals surface area contributed by atoms with Gasteiger partial charge in [0.05, 0.1) is 18.1 Å². The second-order valence-corrected chi connectivity index (χ2v) is 4.53. The smallest absolute Gasteiger partial charge is 0.275 e. The molecule has 0 radical (unpaired) electrons. The van der Waals surface area contributed by atoms with Crippen molar-refractivity contribution in [3.63, 3.8) is 0 Å². The van der Waals surface area contributed by atoms with Gasteiger partial charge in [0.2, 0.25) is 0 Å². The maximum Gasteiger partial charge on any atom is 0.275 e. The molecule has 2 aromatic rings. The van der Waals surface area contributed by atoms with E-state index in [0.717, 1.165) is 9.26 Å². The second-order valence-electron chi connectivity index (χ2n) is 3.37. The quantitative estimate of drug-likeness (QED) is 0.442. The van der Waals surface area contributed by atoms with Crippen LogP contribution >= 0.6 is 22.6 Å². The van der Waals surface area contributed by atoms with E-state index in [2.05, 4.69) is 43.3 Å². The fourth-order valence-corrected chi connectivity index (χ4v) is 1.79. The molecule has 4 N–H and O–H groups in total. The molecule has 0 aliphatic heterocycles. The Morgan fingerprint density at radius 1 is 1.22 bits per heavy atom. The zero-order valence-electron chi connectivity index (χ0n) is 9.22. The van der Waals surface area contributed by atoms with E-state index in [9.17, 15) is 4.79 Å². The molecule has 1 aromatic heterocycles. The minimum absolute atomic E-state index is 0.230. The third-order valence-electron chi connectivity index (χ3n) is 2.15. The molecule has 1 aromatic carbocycles. The molecule has 0 saturated heterocycles. The van der Waals surface area contributed by atoms with Gasteiger partial charge in [-0.1, -0.05) is 12.1 Å². The summed E-state index contributed by atoms with van der Waals surface area (Å²) in [6.45, 7) is 0. The molecule has 6 nitrogen and oxygen atoms in total. The highest BCUT2D eigenvalue weighted by Crippen LogP contribution is 2.17. The van der Waals surface area contributed by atoms with Gasteiger partial charge < -0.3 is 10.7 Å². The number of carbonyl (C=O) groups is 1. The van der Waals surface area contributed by atoms with E-state index in [4.69, 9.17) is 5.84 Å². The predicted molar refractivity (Wildman–Crippen MR) is 77.0 cm³/mol. The van der Waals surface area contributed by atoms with Crippen LogP contribution in [0.25, 0.3) is 0 Å². The minimum Gasteiger partial charge on any atom is -0.320 e. The van der Waals surface area contributed by atoms with E-state index in [1.54, 1.807) is 0 Å². The molecular weight excluding hydrogens is 345 g/mol. The molecule has 18 heavy (non-hydrogen) atoms. The highest BCUT2D eigenvalue weighted by molar-refractivity contribution is 14.1.